The molecule has 2 aliphatic heterocycles. The van der Waals surface area contributed by atoms with Crippen molar-refractivity contribution in [3.8, 4) is 5.75 Å². The summed E-state index contributed by atoms with van der Waals surface area (Å²) in [6.45, 7) is 3.51. The maximum atomic E-state index is 6.85. The molecule has 0 atom stereocenters. The molecule has 3 heterocycles. The van der Waals surface area contributed by atoms with Crippen molar-refractivity contribution >= 4 is 29.1 Å². The van der Waals surface area contributed by atoms with Crippen molar-refractivity contribution in [3.63, 3.8) is 0 Å². The van der Waals surface area contributed by atoms with E-state index in [1.54, 1.807) is 0 Å². The number of rotatable bonds is 3. The number of allylic oxidation sites excluding steroid dienone is 1. The van der Waals surface area contributed by atoms with Gasteiger partial charge in [-0.2, -0.15) is 10.2 Å². The second-order valence-electron chi connectivity index (χ2n) is 8.49. The van der Waals surface area contributed by atoms with Gasteiger partial charge in [0.1, 0.15) is 5.75 Å². The smallest absolute Gasteiger partial charge is 0.122 e. The number of nitrogens with zero attached hydrogens (tertiary/aromatic N) is 3. The number of ether oxygens (including phenoxy) is 1. The van der Waals surface area contributed by atoms with Crippen LogP contribution in [0.5, 0.6) is 5.75 Å². The fourth-order valence-electron chi connectivity index (χ4n) is 4.92. The summed E-state index contributed by atoms with van der Waals surface area (Å²) in [5.41, 5.74) is 4.88. The summed E-state index contributed by atoms with van der Waals surface area (Å²) in [6, 6.07) is 8.27. The Morgan fingerprint density at radius 2 is 1.97 bits per heavy atom. The normalized spacial score (nSPS) is 23.2. The number of para-hydroxylation sites is 1. The Morgan fingerprint density at radius 3 is 2.77 bits per heavy atom. The fraction of sp³-hybridized carbons (Fsp3) is 0.417. The molecule has 5 rings (SSSR count). The number of aromatic nitrogens is 1. The molecular weight excluding hydrogens is 396 g/mol. The molecule has 1 saturated carbocycles. The van der Waals surface area contributed by atoms with Gasteiger partial charge in [-0.05, 0) is 61.8 Å². The van der Waals surface area contributed by atoms with E-state index < -0.39 is 0 Å². The van der Waals surface area contributed by atoms with Crippen molar-refractivity contribution in [2.75, 3.05) is 18.5 Å². The molecule has 0 spiro atoms. The Balaban J connectivity index is 1.45. The lowest BCUT2D eigenvalue weighted by Crippen LogP contribution is -2.28. The number of likely N-dealkylation sites (N-methyl/N-ethyl adjacent to an activating group) is 1. The molecule has 5 nitrogen and oxygen atoms in total. The highest BCUT2D eigenvalue weighted by Gasteiger charge is 2.30. The van der Waals surface area contributed by atoms with Crippen LogP contribution >= 0.6 is 11.6 Å². The molecule has 0 amide bonds. The minimum atomic E-state index is 0.265. The van der Waals surface area contributed by atoms with Gasteiger partial charge in [0.2, 0.25) is 0 Å². The molecule has 0 unspecified atom stereocenters. The third-order valence-corrected chi connectivity index (χ3v) is 6.89. The predicted octanol–water partition coefficient (Wildman–Crippen LogP) is 4.39. The second-order valence-corrected chi connectivity index (χ2v) is 8.90. The van der Waals surface area contributed by atoms with E-state index in [4.69, 9.17) is 16.3 Å². The van der Waals surface area contributed by atoms with E-state index in [0.717, 1.165) is 53.7 Å². The highest BCUT2D eigenvalue weighted by atomic mass is 35.5. The lowest BCUT2D eigenvalue weighted by Gasteiger charge is -2.30. The average molecular weight is 423 g/mol. The van der Waals surface area contributed by atoms with Crippen molar-refractivity contribution in [2.24, 2.45) is 16.1 Å². The first-order valence-corrected chi connectivity index (χ1v) is 11.1. The lowest BCUT2D eigenvalue weighted by molar-refractivity contribution is 0.142. The number of aryl methyl sites for hydroxylation is 1. The number of hydrogen-bond acceptors (Lipinski definition) is 4. The quantitative estimate of drug-likeness (QED) is 0.797. The SMILES string of the molecule is Cc1ccccc1O[C@H]1CC[C@H](C2=c3[nH]c4c(c3N(C)CC=C2Cl)CN=NC=4)CC1. The highest BCUT2D eigenvalue weighted by molar-refractivity contribution is 6.36. The minimum absolute atomic E-state index is 0.265. The predicted molar refractivity (Wildman–Crippen MR) is 121 cm³/mol. The maximum Gasteiger partial charge on any atom is 0.122 e. The van der Waals surface area contributed by atoms with Crippen molar-refractivity contribution in [2.45, 2.75) is 45.3 Å². The molecule has 1 fully saturated rings. The Kier molecular flexibility index (Phi) is 5.15. The van der Waals surface area contributed by atoms with Crippen LogP contribution in [-0.4, -0.2) is 24.7 Å². The number of azo groups is 1. The molecule has 1 N–H and O–H groups in total. The van der Waals surface area contributed by atoms with Gasteiger partial charge < -0.3 is 14.6 Å². The third-order valence-electron chi connectivity index (χ3n) is 6.53. The van der Waals surface area contributed by atoms with E-state index in [1.807, 2.05) is 12.3 Å². The maximum absolute atomic E-state index is 6.85. The van der Waals surface area contributed by atoms with E-state index in [-0.39, 0.29) is 6.10 Å². The molecule has 3 aliphatic rings. The molecule has 30 heavy (non-hydrogen) atoms. The van der Waals surface area contributed by atoms with Gasteiger partial charge in [0, 0.05) is 24.2 Å². The first-order chi connectivity index (χ1) is 14.6. The number of hydrogen-bond donors (Lipinski definition) is 1. The van der Waals surface area contributed by atoms with Crippen LogP contribution in [0.4, 0.5) is 5.69 Å². The fourth-order valence-corrected chi connectivity index (χ4v) is 5.24. The molecule has 156 valence electrons. The molecule has 0 bridgehead atoms. The number of aromatic amines is 1. The Bertz CT molecular complexity index is 1140. The summed E-state index contributed by atoms with van der Waals surface area (Å²) in [4.78, 5) is 5.88. The van der Waals surface area contributed by atoms with Gasteiger partial charge in [-0.15, -0.1) is 0 Å². The number of nitrogens with one attached hydrogen (secondary N) is 1. The van der Waals surface area contributed by atoms with Crippen molar-refractivity contribution < 1.29 is 4.74 Å². The molecule has 1 aromatic heterocycles. The Labute approximate surface area is 181 Å². The Hall–Kier alpha value is -2.53. The van der Waals surface area contributed by atoms with Gasteiger partial charge in [-0.3, -0.25) is 0 Å². The van der Waals surface area contributed by atoms with Crippen LogP contribution in [0.25, 0.3) is 11.8 Å². The summed E-state index contributed by atoms with van der Waals surface area (Å²) in [5, 5.41) is 11.4. The van der Waals surface area contributed by atoms with Crippen molar-refractivity contribution in [1.29, 1.82) is 0 Å². The van der Waals surface area contributed by atoms with Crippen LogP contribution in [0, 0.1) is 12.8 Å². The van der Waals surface area contributed by atoms with Gasteiger partial charge >= 0.3 is 0 Å². The lowest BCUT2D eigenvalue weighted by atomic mass is 9.81. The zero-order valence-corrected chi connectivity index (χ0v) is 18.2. The van der Waals surface area contributed by atoms with E-state index in [1.165, 1.54) is 22.4 Å². The van der Waals surface area contributed by atoms with Gasteiger partial charge in [-0.1, -0.05) is 29.8 Å². The molecule has 1 aliphatic carbocycles. The van der Waals surface area contributed by atoms with E-state index in [0.29, 0.717) is 12.5 Å². The Morgan fingerprint density at radius 1 is 1.17 bits per heavy atom. The number of anilines is 1. The van der Waals surface area contributed by atoms with Crippen LogP contribution in [-0.2, 0) is 6.54 Å². The summed E-state index contributed by atoms with van der Waals surface area (Å²) < 4.78 is 6.32. The first kappa shape index (κ1) is 19.4. The van der Waals surface area contributed by atoms with Crippen LogP contribution in [0.2, 0.25) is 0 Å². The van der Waals surface area contributed by atoms with Gasteiger partial charge in [-0.25, -0.2) is 0 Å². The van der Waals surface area contributed by atoms with Crippen molar-refractivity contribution in [1.82, 2.24) is 4.98 Å². The molecular formula is C24H27ClN4O. The second kappa shape index (κ2) is 7.95. The summed E-state index contributed by atoms with van der Waals surface area (Å²) in [6.07, 6.45) is 8.44. The van der Waals surface area contributed by atoms with Crippen LogP contribution < -0.4 is 20.3 Å². The topological polar surface area (TPSA) is 53.0 Å². The molecule has 2 aromatic rings. The highest BCUT2D eigenvalue weighted by Crippen LogP contribution is 2.38. The van der Waals surface area contributed by atoms with Crippen LogP contribution in [0.3, 0.4) is 0 Å². The molecule has 1 aromatic carbocycles. The first-order valence-electron chi connectivity index (χ1n) is 10.7. The standard InChI is InChI=1S/C24H27ClN4O/c1-15-5-3-4-6-21(15)30-17-9-7-16(8-10-17)22-19(25)11-12-29(2)24-18-13-26-27-14-20(18)28-23(22)24/h3-6,11,14,16-17,28H,7-10,12-13H2,1-2H3/t16-,17-. The molecule has 6 heteroatoms. The summed E-state index contributed by atoms with van der Waals surface area (Å²) in [5.74, 6) is 1.43. The zero-order valence-electron chi connectivity index (χ0n) is 17.5. The van der Waals surface area contributed by atoms with E-state index in [2.05, 4.69) is 58.4 Å². The largest absolute Gasteiger partial charge is 0.490 e. The van der Waals surface area contributed by atoms with Gasteiger partial charge in [0.05, 0.1) is 35.2 Å². The number of fused-ring (bicyclic) bond motifs is 3. The van der Waals surface area contributed by atoms with Crippen molar-refractivity contribution in [3.05, 3.63) is 57.2 Å². The van der Waals surface area contributed by atoms with Crippen LogP contribution in [0.1, 0.15) is 36.8 Å². The summed E-state index contributed by atoms with van der Waals surface area (Å²) in [7, 11) is 2.12. The van der Waals surface area contributed by atoms with Gasteiger partial charge in [0.15, 0.2) is 0 Å². The van der Waals surface area contributed by atoms with Gasteiger partial charge in [0.25, 0.3) is 0 Å². The molecule has 0 saturated heterocycles. The summed E-state index contributed by atoms with van der Waals surface area (Å²) >= 11 is 6.85. The van der Waals surface area contributed by atoms with Crippen LogP contribution in [0.15, 0.2) is 45.6 Å². The number of halogens is 1. The molecule has 0 radical (unpaired) electrons. The average Bonchev–Trinajstić information content (AvgIpc) is 3.08. The zero-order chi connectivity index (χ0) is 20.7. The minimum Gasteiger partial charge on any atom is -0.490 e. The number of H-pyrrole nitrogens is 1. The third kappa shape index (κ3) is 3.45. The monoisotopic (exact) mass is 422 g/mol. The number of benzene rings is 1. The van der Waals surface area contributed by atoms with E-state index >= 15 is 0 Å². The van der Waals surface area contributed by atoms with E-state index in [9.17, 15) is 0 Å².